The third kappa shape index (κ3) is 7.09. The number of sulfonamides is 1. The minimum absolute atomic E-state index is 0.0537. The van der Waals surface area contributed by atoms with Crippen LogP contribution < -0.4 is 9.88 Å². The van der Waals surface area contributed by atoms with E-state index in [0.717, 1.165) is 30.9 Å². The molecule has 0 atom stereocenters. The SMILES string of the molecule is CCN(CC)CCOc1ccc(CN=Nc2ccc(S(N)(=O)=O)cc2)cc1. The Hall–Kier alpha value is -2.29. The summed E-state index contributed by atoms with van der Waals surface area (Å²) in [6, 6.07) is 13.7. The summed E-state index contributed by atoms with van der Waals surface area (Å²) in [5, 5.41) is 13.3. The first kappa shape index (κ1) is 21.0. The van der Waals surface area contributed by atoms with Crippen LogP contribution in [0.2, 0.25) is 0 Å². The van der Waals surface area contributed by atoms with Gasteiger partial charge in [-0.25, -0.2) is 13.6 Å². The van der Waals surface area contributed by atoms with Gasteiger partial charge in [-0.2, -0.15) is 10.2 Å². The van der Waals surface area contributed by atoms with Gasteiger partial charge >= 0.3 is 0 Å². The molecule has 2 rings (SSSR count). The summed E-state index contributed by atoms with van der Waals surface area (Å²) in [6.07, 6.45) is 0. The number of nitrogens with two attached hydrogens (primary N) is 1. The molecule has 0 amide bonds. The van der Waals surface area contributed by atoms with Gasteiger partial charge in [0.1, 0.15) is 12.4 Å². The molecule has 2 aromatic rings. The van der Waals surface area contributed by atoms with E-state index in [0.29, 0.717) is 18.8 Å². The lowest BCUT2D eigenvalue weighted by Gasteiger charge is -2.18. The highest BCUT2D eigenvalue weighted by atomic mass is 32.2. The molecule has 0 aliphatic heterocycles. The van der Waals surface area contributed by atoms with Gasteiger partial charge in [-0.1, -0.05) is 26.0 Å². The molecule has 2 aromatic carbocycles. The lowest BCUT2D eigenvalue weighted by atomic mass is 10.2. The van der Waals surface area contributed by atoms with Crippen molar-refractivity contribution in [1.82, 2.24) is 4.90 Å². The van der Waals surface area contributed by atoms with E-state index < -0.39 is 10.0 Å². The predicted molar refractivity (Wildman–Crippen MR) is 106 cm³/mol. The zero-order chi connectivity index (χ0) is 19.7. The average Bonchev–Trinajstić information content (AvgIpc) is 2.66. The van der Waals surface area contributed by atoms with Crippen LogP contribution in [0.4, 0.5) is 5.69 Å². The van der Waals surface area contributed by atoms with Crippen LogP contribution >= 0.6 is 0 Å². The van der Waals surface area contributed by atoms with E-state index in [1.807, 2.05) is 24.3 Å². The second-order valence-electron chi connectivity index (χ2n) is 5.96. The minimum Gasteiger partial charge on any atom is -0.492 e. The topological polar surface area (TPSA) is 97.3 Å². The number of primary sulfonamides is 1. The summed E-state index contributed by atoms with van der Waals surface area (Å²) in [4.78, 5) is 2.36. The van der Waals surface area contributed by atoms with Gasteiger partial charge < -0.3 is 9.64 Å². The predicted octanol–water partition coefficient (Wildman–Crippen LogP) is 3.34. The van der Waals surface area contributed by atoms with Crippen molar-refractivity contribution in [2.24, 2.45) is 15.4 Å². The van der Waals surface area contributed by atoms with Gasteiger partial charge in [0.2, 0.25) is 10.0 Å². The minimum atomic E-state index is -3.69. The van der Waals surface area contributed by atoms with Crippen molar-refractivity contribution in [3.05, 3.63) is 54.1 Å². The van der Waals surface area contributed by atoms with Gasteiger partial charge in [0, 0.05) is 6.54 Å². The van der Waals surface area contributed by atoms with Crippen LogP contribution in [0, 0.1) is 0 Å². The maximum Gasteiger partial charge on any atom is 0.238 e. The van der Waals surface area contributed by atoms with E-state index >= 15 is 0 Å². The molecule has 0 unspecified atom stereocenters. The number of azo groups is 1. The lowest BCUT2D eigenvalue weighted by molar-refractivity contribution is 0.223. The molecule has 0 bridgehead atoms. The number of nitrogens with zero attached hydrogens (tertiary/aromatic N) is 3. The van der Waals surface area contributed by atoms with Gasteiger partial charge in [-0.15, -0.1) is 0 Å². The quantitative estimate of drug-likeness (QED) is 0.629. The molecule has 27 heavy (non-hydrogen) atoms. The van der Waals surface area contributed by atoms with Crippen LogP contribution in [-0.4, -0.2) is 39.6 Å². The van der Waals surface area contributed by atoms with Gasteiger partial charge in [0.25, 0.3) is 0 Å². The Morgan fingerprint density at radius 1 is 1.00 bits per heavy atom. The molecule has 0 spiro atoms. The van der Waals surface area contributed by atoms with Crippen LogP contribution in [0.1, 0.15) is 19.4 Å². The van der Waals surface area contributed by atoms with E-state index in [1.54, 1.807) is 12.1 Å². The smallest absolute Gasteiger partial charge is 0.238 e. The first-order valence-electron chi connectivity index (χ1n) is 8.86. The third-order valence-corrected chi connectivity index (χ3v) is 5.03. The van der Waals surface area contributed by atoms with Crippen molar-refractivity contribution >= 4 is 15.7 Å². The van der Waals surface area contributed by atoms with Crippen molar-refractivity contribution in [1.29, 1.82) is 0 Å². The standard InChI is InChI=1S/C19H26N4O3S/c1-3-23(4-2)13-14-26-18-9-5-16(6-10-18)15-21-22-17-7-11-19(12-8-17)27(20,24)25/h5-12H,3-4,13-15H2,1-2H3,(H2,20,24,25). The molecular weight excluding hydrogens is 364 g/mol. The highest BCUT2D eigenvalue weighted by molar-refractivity contribution is 7.89. The largest absolute Gasteiger partial charge is 0.492 e. The number of ether oxygens (including phenoxy) is 1. The van der Waals surface area contributed by atoms with Crippen molar-refractivity contribution in [2.45, 2.75) is 25.3 Å². The summed E-state index contributed by atoms with van der Waals surface area (Å²) < 4.78 is 28.2. The molecule has 0 saturated heterocycles. The normalized spacial score (nSPS) is 12.0. The zero-order valence-electron chi connectivity index (χ0n) is 15.7. The third-order valence-electron chi connectivity index (χ3n) is 4.10. The number of rotatable bonds is 10. The Bertz CT molecular complexity index is 830. The Labute approximate surface area is 160 Å². The van der Waals surface area contributed by atoms with E-state index in [9.17, 15) is 8.42 Å². The molecule has 8 heteroatoms. The Morgan fingerprint density at radius 3 is 2.19 bits per heavy atom. The zero-order valence-corrected chi connectivity index (χ0v) is 16.5. The molecule has 0 heterocycles. The van der Waals surface area contributed by atoms with Crippen LogP contribution in [0.15, 0.2) is 63.7 Å². The molecule has 0 aliphatic carbocycles. The average molecular weight is 391 g/mol. The van der Waals surface area contributed by atoms with Crippen LogP contribution in [-0.2, 0) is 16.6 Å². The fourth-order valence-corrected chi connectivity index (χ4v) is 2.94. The summed E-state index contributed by atoms with van der Waals surface area (Å²) in [5.74, 6) is 0.835. The van der Waals surface area contributed by atoms with Crippen LogP contribution in [0.25, 0.3) is 0 Å². The Kier molecular flexibility index (Phi) is 7.90. The highest BCUT2D eigenvalue weighted by Crippen LogP contribution is 2.17. The highest BCUT2D eigenvalue weighted by Gasteiger charge is 2.06. The molecule has 7 nitrogen and oxygen atoms in total. The maximum atomic E-state index is 11.2. The summed E-state index contributed by atoms with van der Waals surface area (Å²) in [6.45, 7) is 8.32. The first-order valence-corrected chi connectivity index (χ1v) is 10.4. The molecule has 2 N–H and O–H groups in total. The van der Waals surface area contributed by atoms with Gasteiger partial charge in [-0.05, 0) is 55.1 Å². The summed E-state index contributed by atoms with van der Waals surface area (Å²) in [5.41, 5.74) is 1.58. The van der Waals surface area contributed by atoms with Crippen molar-refractivity contribution in [2.75, 3.05) is 26.2 Å². The number of likely N-dealkylation sites (N-methyl/N-ethyl adjacent to an activating group) is 1. The molecule has 0 fully saturated rings. The molecule has 146 valence electrons. The van der Waals surface area contributed by atoms with Crippen LogP contribution in [0.5, 0.6) is 5.75 Å². The summed E-state index contributed by atoms with van der Waals surface area (Å²) >= 11 is 0. The molecular formula is C19H26N4O3S. The van der Waals surface area contributed by atoms with Gasteiger partial charge in [0.05, 0.1) is 17.1 Å². The lowest BCUT2D eigenvalue weighted by Crippen LogP contribution is -2.27. The number of hydrogen-bond donors (Lipinski definition) is 1. The van der Waals surface area contributed by atoms with Gasteiger partial charge in [0.15, 0.2) is 0 Å². The van der Waals surface area contributed by atoms with E-state index in [4.69, 9.17) is 9.88 Å². The van der Waals surface area contributed by atoms with Crippen molar-refractivity contribution < 1.29 is 13.2 Å². The fourth-order valence-electron chi connectivity index (χ4n) is 2.42. The van der Waals surface area contributed by atoms with Gasteiger partial charge in [-0.3, -0.25) is 0 Å². The Balaban J connectivity index is 1.83. The van der Waals surface area contributed by atoms with Crippen molar-refractivity contribution in [3.63, 3.8) is 0 Å². The second-order valence-corrected chi connectivity index (χ2v) is 7.52. The van der Waals surface area contributed by atoms with E-state index in [1.165, 1.54) is 12.1 Å². The van der Waals surface area contributed by atoms with E-state index in [-0.39, 0.29) is 4.90 Å². The summed E-state index contributed by atoms with van der Waals surface area (Å²) in [7, 11) is -3.69. The monoisotopic (exact) mass is 390 g/mol. The molecule has 0 aromatic heterocycles. The van der Waals surface area contributed by atoms with Crippen molar-refractivity contribution in [3.8, 4) is 5.75 Å². The van der Waals surface area contributed by atoms with Crippen LogP contribution in [0.3, 0.4) is 0 Å². The van der Waals surface area contributed by atoms with E-state index in [2.05, 4.69) is 29.0 Å². The fraction of sp³-hybridized carbons (Fsp3) is 0.368. The first-order chi connectivity index (χ1) is 12.9. The second kappa shape index (κ2) is 10.1. The molecule has 0 aliphatic rings. The molecule has 0 saturated carbocycles. The number of benzene rings is 2. The maximum absolute atomic E-state index is 11.2. The Morgan fingerprint density at radius 2 is 1.63 bits per heavy atom. The number of hydrogen-bond acceptors (Lipinski definition) is 6. The molecule has 0 radical (unpaired) electrons.